The second-order valence-electron chi connectivity index (χ2n) is 4.82. The lowest BCUT2D eigenvalue weighted by molar-refractivity contribution is -0.550. The molecule has 0 saturated carbocycles. The molecule has 0 aromatic rings. The molecule has 0 heterocycles. The van der Waals surface area contributed by atoms with E-state index in [0.717, 1.165) is 0 Å². The van der Waals surface area contributed by atoms with Gasteiger partial charge in [-0.15, -0.1) is 0 Å². The topological polar surface area (TPSA) is 18.5 Å². The Hall–Kier alpha value is -1.27. The van der Waals surface area contributed by atoms with Crippen LogP contribution in [0.15, 0.2) is 0 Å². The van der Waals surface area contributed by atoms with E-state index in [1.54, 1.807) is 0 Å². The first-order valence-corrected chi connectivity index (χ1v) is 5.78. The van der Waals surface area contributed by atoms with Gasteiger partial charge in [-0.3, -0.25) is 9.47 Å². The molecule has 0 amide bonds. The van der Waals surface area contributed by atoms with Crippen molar-refractivity contribution in [3.63, 3.8) is 0 Å². The zero-order chi connectivity index (χ0) is 23.4. The molecular formula is C9H3F17O2. The van der Waals surface area contributed by atoms with Crippen molar-refractivity contribution in [2.24, 2.45) is 0 Å². The lowest BCUT2D eigenvalue weighted by Gasteiger charge is -2.39. The van der Waals surface area contributed by atoms with E-state index in [9.17, 15) is 74.6 Å². The summed E-state index contributed by atoms with van der Waals surface area (Å²) in [4.78, 5) is 0. The highest BCUT2D eigenvalue weighted by Gasteiger charge is 2.84. The van der Waals surface area contributed by atoms with Gasteiger partial charge >= 0.3 is 48.4 Å². The smallest absolute Gasteiger partial charge is 0.270 e. The van der Waals surface area contributed by atoms with Gasteiger partial charge in [0.15, 0.2) is 0 Å². The monoisotopic (exact) mass is 466 g/mol. The van der Waals surface area contributed by atoms with E-state index in [1.807, 2.05) is 4.74 Å². The maximum Gasteiger partial charge on any atom is 0.462 e. The number of hydrogen-bond acceptors (Lipinski definition) is 2. The largest absolute Gasteiger partial charge is 0.462 e. The molecule has 170 valence electrons. The summed E-state index contributed by atoms with van der Waals surface area (Å²) in [5.74, 6) is -21.5. The Balaban J connectivity index is 6.38. The molecule has 0 aromatic heterocycles. The summed E-state index contributed by atoms with van der Waals surface area (Å²) in [6.45, 7) is -1.12. The molecule has 0 aromatic carbocycles. The molecule has 0 spiro atoms. The van der Waals surface area contributed by atoms with Crippen LogP contribution in [0.2, 0.25) is 0 Å². The standard InChI is InChI=1S/C9H3F17O2/c1-2(10,5(14,15)16)27-9(25,26)4(13,7(20,21)22)28-8(23,24)3(11,12)6(17,18)19/h1H3. The normalized spacial score (nSPS) is 19.9. The molecule has 2 nitrogen and oxygen atoms in total. The van der Waals surface area contributed by atoms with Crippen LogP contribution in [0.1, 0.15) is 6.92 Å². The van der Waals surface area contributed by atoms with Gasteiger partial charge in [0.05, 0.1) is 0 Å². The molecule has 0 fully saturated rings. The van der Waals surface area contributed by atoms with Crippen molar-refractivity contribution in [2.75, 3.05) is 0 Å². The van der Waals surface area contributed by atoms with Crippen LogP contribution >= 0.6 is 0 Å². The third-order valence-electron chi connectivity index (χ3n) is 2.56. The highest BCUT2D eigenvalue weighted by atomic mass is 19.4. The van der Waals surface area contributed by atoms with Gasteiger partial charge in [0.25, 0.3) is 0 Å². The maximum absolute atomic E-state index is 13.5. The van der Waals surface area contributed by atoms with Gasteiger partial charge < -0.3 is 0 Å². The molecule has 0 aliphatic heterocycles. The van der Waals surface area contributed by atoms with Crippen molar-refractivity contribution in [1.29, 1.82) is 0 Å². The molecule has 2 unspecified atom stereocenters. The summed E-state index contributed by atoms with van der Waals surface area (Å²) < 4.78 is 215. The molecule has 0 N–H and O–H groups in total. The van der Waals surface area contributed by atoms with E-state index in [2.05, 4.69) is 0 Å². The first-order valence-electron chi connectivity index (χ1n) is 5.78. The highest BCUT2D eigenvalue weighted by molar-refractivity contribution is 4.94. The lowest BCUT2D eigenvalue weighted by Crippen LogP contribution is -2.67. The Morgan fingerprint density at radius 2 is 0.786 bits per heavy atom. The van der Waals surface area contributed by atoms with E-state index >= 15 is 0 Å². The molecule has 0 aliphatic carbocycles. The molecule has 0 bridgehead atoms. The van der Waals surface area contributed by atoms with Crippen molar-refractivity contribution < 1.29 is 84.1 Å². The summed E-state index contributed by atoms with van der Waals surface area (Å²) in [7, 11) is 0. The van der Waals surface area contributed by atoms with Gasteiger partial charge in [-0.1, -0.05) is 0 Å². The molecule has 0 saturated heterocycles. The SMILES string of the molecule is CC(F)(OC(F)(F)C(F)(OC(F)(F)C(F)(F)C(F)(F)F)C(F)(F)F)C(F)(F)F. The fraction of sp³-hybridized carbons (Fsp3) is 1.00. The Labute approximate surface area is 141 Å². The van der Waals surface area contributed by atoms with E-state index in [-0.39, 0.29) is 0 Å². The van der Waals surface area contributed by atoms with Crippen LogP contribution in [-0.4, -0.2) is 48.4 Å². The molecule has 2 atom stereocenters. The van der Waals surface area contributed by atoms with Crippen LogP contribution in [0.25, 0.3) is 0 Å². The Morgan fingerprint density at radius 1 is 0.429 bits per heavy atom. The maximum atomic E-state index is 13.5. The molecule has 0 rings (SSSR count). The van der Waals surface area contributed by atoms with Crippen molar-refractivity contribution in [2.45, 2.75) is 55.3 Å². The zero-order valence-electron chi connectivity index (χ0n) is 12.2. The summed E-state index contributed by atoms with van der Waals surface area (Å²) in [6, 6.07) is 0. The predicted molar refractivity (Wildman–Crippen MR) is 48.5 cm³/mol. The van der Waals surface area contributed by atoms with Crippen LogP contribution in [0.3, 0.4) is 0 Å². The number of halogens is 17. The van der Waals surface area contributed by atoms with Gasteiger partial charge in [-0.05, 0) is 0 Å². The quantitative estimate of drug-likeness (QED) is 0.456. The van der Waals surface area contributed by atoms with Crippen molar-refractivity contribution in [1.82, 2.24) is 0 Å². The third kappa shape index (κ3) is 4.48. The second-order valence-corrected chi connectivity index (χ2v) is 4.82. The Kier molecular flexibility index (Phi) is 6.33. The minimum absolute atomic E-state index is 1.12. The van der Waals surface area contributed by atoms with Crippen LogP contribution in [-0.2, 0) is 9.47 Å². The number of hydrogen-bond donors (Lipinski definition) is 0. The van der Waals surface area contributed by atoms with E-state index in [0.29, 0.717) is 0 Å². The van der Waals surface area contributed by atoms with Gasteiger partial charge in [0.2, 0.25) is 0 Å². The van der Waals surface area contributed by atoms with Crippen LogP contribution in [0.5, 0.6) is 0 Å². The first-order chi connectivity index (χ1) is 11.7. The number of alkyl halides is 17. The minimum Gasteiger partial charge on any atom is -0.270 e. The van der Waals surface area contributed by atoms with Crippen LogP contribution in [0.4, 0.5) is 74.6 Å². The second kappa shape index (κ2) is 6.63. The summed E-state index contributed by atoms with van der Waals surface area (Å²) >= 11 is 0. The molecule has 0 radical (unpaired) electrons. The summed E-state index contributed by atoms with van der Waals surface area (Å²) in [5, 5.41) is 0. The highest BCUT2D eigenvalue weighted by Crippen LogP contribution is 2.56. The first kappa shape index (κ1) is 26.7. The molecular weight excluding hydrogens is 463 g/mol. The van der Waals surface area contributed by atoms with E-state index in [4.69, 9.17) is 0 Å². The molecule has 0 aliphatic rings. The lowest BCUT2D eigenvalue weighted by atomic mass is 10.2. The van der Waals surface area contributed by atoms with E-state index in [1.165, 1.54) is 4.74 Å². The average Bonchev–Trinajstić information content (AvgIpc) is 2.31. The van der Waals surface area contributed by atoms with Crippen LogP contribution < -0.4 is 0 Å². The molecule has 28 heavy (non-hydrogen) atoms. The molecule has 19 heteroatoms. The zero-order valence-corrected chi connectivity index (χ0v) is 12.2. The summed E-state index contributed by atoms with van der Waals surface area (Å²) in [5.41, 5.74) is 0. The summed E-state index contributed by atoms with van der Waals surface area (Å²) in [6.07, 6.45) is -37.3. The van der Waals surface area contributed by atoms with Crippen molar-refractivity contribution in [3.05, 3.63) is 0 Å². The fourth-order valence-electron chi connectivity index (χ4n) is 1.05. The number of rotatable bonds is 6. The average molecular weight is 466 g/mol. The van der Waals surface area contributed by atoms with Gasteiger partial charge in [0, 0.05) is 6.92 Å². The van der Waals surface area contributed by atoms with Crippen LogP contribution in [0, 0.1) is 0 Å². The number of ether oxygens (including phenoxy) is 2. The van der Waals surface area contributed by atoms with Gasteiger partial charge in [-0.2, -0.15) is 70.2 Å². The third-order valence-corrected chi connectivity index (χ3v) is 2.56. The van der Waals surface area contributed by atoms with Gasteiger partial charge in [-0.25, -0.2) is 4.39 Å². The van der Waals surface area contributed by atoms with Gasteiger partial charge in [0.1, 0.15) is 0 Å². The Morgan fingerprint density at radius 3 is 1.04 bits per heavy atom. The Bertz CT molecular complexity index is 554. The predicted octanol–water partition coefficient (Wildman–Crippen LogP) is 5.88. The minimum atomic E-state index is -7.81. The van der Waals surface area contributed by atoms with E-state index < -0.39 is 55.3 Å². The fourth-order valence-corrected chi connectivity index (χ4v) is 1.05. The van der Waals surface area contributed by atoms with Crippen molar-refractivity contribution in [3.8, 4) is 0 Å². The van der Waals surface area contributed by atoms with Crippen molar-refractivity contribution >= 4 is 0 Å².